The number of carboxylic acid groups (broad SMARTS) is 2. The largest absolute Gasteiger partial charge is 0.490 e. The molecule has 0 unspecified atom stereocenters. The van der Waals surface area contributed by atoms with Crippen molar-refractivity contribution in [1.82, 2.24) is 0 Å². The van der Waals surface area contributed by atoms with E-state index in [2.05, 4.69) is 0 Å². The molecule has 0 aliphatic carbocycles. The maximum Gasteiger partial charge on any atom is 0.490 e. The number of thioether (sulfide) groups is 1. The Kier molecular flexibility index (Phi) is 8.93. The van der Waals surface area contributed by atoms with Gasteiger partial charge in [0.1, 0.15) is 5.84 Å². The van der Waals surface area contributed by atoms with Crippen LogP contribution in [0.25, 0.3) is 11.1 Å². The van der Waals surface area contributed by atoms with Crippen molar-refractivity contribution >= 4 is 50.7 Å². The van der Waals surface area contributed by atoms with Crippen molar-refractivity contribution in [3.8, 4) is 11.1 Å². The number of sulfone groups is 1. The summed E-state index contributed by atoms with van der Waals surface area (Å²) in [7, 11) is -4.16. The number of rotatable bonds is 6. The molecule has 0 aliphatic rings. The molecule has 192 valence electrons. The Labute approximate surface area is 212 Å². The summed E-state index contributed by atoms with van der Waals surface area (Å²) >= 11 is 2.31. The maximum atomic E-state index is 13.5. The first kappa shape index (κ1) is 28.9. The maximum absolute atomic E-state index is 13.5. The first-order valence-electron chi connectivity index (χ1n) is 9.62. The molecule has 1 aromatic heterocycles. The molecular formula is C22H19F3N2O6S3. The molecule has 0 amide bonds. The van der Waals surface area contributed by atoms with Crippen LogP contribution in [-0.4, -0.2) is 48.8 Å². The summed E-state index contributed by atoms with van der Waals surface area (Å²) in [5.74, 6) is -4.31. The number of alkyl halides is 3. The number of benzene rings is 2. The fraction of sp³-hybridized carbons (Fsp3) is 0.136. The molecule has 8 nitrogen and oxygen atoms in total. The minimum absolute atomic E-state index is 0.0365. The summed E-state index contributed by atoms with van der Waals surface area (Å²) in [5, 5.41) is 24.7. The van der Waals surface area contributed by atoms with E-state index in [0.29, 0.717) is 25.8 Å². The van der Waals surface area contributed by atoms with Crippen molar-refractivity contribution in [2.24, 2.45) is 5.73 Å². The van der Waals surface area contributed by atoms with Crippen molar-refractivity contribution in [2.45, 2.75) is 27.1 Å². The molecule has 0 saturated heterocycles. The number of nitrogens with one attached hydrogen (secondary N) is 1. The van der Waals surface area contributed by atoms with Gasteiger partial charge in [0.15, 0.2) is 0 Å². The lowest BCUT2D eigenvalue weighted by Gasteiger charge is -2.15. The molecule has 5 N–H and O–H groups in total. The minimum Gasteiger partial charge on any atom is -0.478 e. The van der Waals surface area contributed by atoms with Gasteiger partial charge in [-0.05, 0) is 36.4 Å². The van der Waals surface area contributed by atoms with Crippen molar-refractivity contribution < 1.29 is 41.4 Å². The molecule has 0 radical (unpaired) electrons. The Morgan fingerprint density at radius 1 is 1.06 bits per heavy atom. The fourth-order valence-electron chi connectivity index (χ4n) is 3.04. The van der Waals surface area contributed by atoms with Gasteiger partial charge in [0.05, 0.1) is 24.4 Å². The van der Waals surface area contributed by atoms with E-state index in [1.165, 1.54) is 23.9 Å². The number of aromatic carboxylic acids is 1. The minimum atomic E-state index is -5.08. The highest BCUT2D eigenvalue weighted by atomic mass is 32.2. The van der Waals surface area contributed by atoms with Gasteiger partial charge >= 0.3 is 18.1 Å². The third kappa shape index (κ3) is 6.25. The highest BCUT2D eigenvalue weighted by Crippen LogP contribution is 2.40. The second-order valence-corrected chi connectivity index (χ2v) is 11.0. The smallest absolute Gasteiger partial charge is 0.478 e. The third-order valence-electron chi connectivity index (χ3n) is 4.59. The topological polar surface area (TPSA) is 159 Å². The molecule has 1 heterocycles. The zero-order valence-electron chi connectivity index (χ0n) is 18.6. The molecule has 0 bridgehead atoms. The SMILES string of the molecule is CSc1sc(C(=N)N)cc1S(=O)(=O)c1ccc(C)c(-c2ccccc2)c1C(=O)O.O=C(O)C(F)(F)F. The second kappa shape index (κ2) is 11.1. The standard InChI is InChI=1S/C20H18N2O4S3.C2HF3O2/c1-11-8-9-14(17(19(23)24)16(11)12-6-4-3-5-7-12)29(25,26)15-10-13(18(21)22)28-20(15)27-2;3-2(4,5)1(6)7/h3-10H,1-2H3,(H3,21,22)(H,23,24);(H,6,7). The molecule has 0 fully saturated rings. The number of aryl methyl sites for hydroxylation is 1. The van der Waals surface area contributed by atoms with Gasteiger partial charge in [0.2, 0.25) is 9.84 Å². The zero-order valence-corrected chi connectivity index (χ0v) is 21.0. The van der Waals surface area contributed by atoms with Crippen LogP contribution in [0.1, 0.15) is 20.8 Å². The number of thiophene rings is 1. The van der Waals surface area contributed by atoms with Crippen LogP contribution in [0.15, 0.2) is 62.5 Å². The summed E-state index contributed by atoms with van der Waals surface area (Å²) in [4.78, 5) is 21.1. The summed E-state index contributed by atoms with van der Waals surface area (Å²) in [6.07, 6.45) is -3.36. The van der Waals surface area contributed by atoms with Crippen LogP contribution in [-0.2, 0) is 14.6 Å². The molecule has 3 rings (SSSR count). The summed E-state index contributed by atoms with van der Waals surface area (Å²) in [6.45, 7) is 1.75. The molecule has 3 aromatic rings. The molecule has 0 aliphatic heterocycles. The highest BCUT2D eigenvalue weighted by Gasteiger charge is 2.38. The fourth-order valence-corrected chi connectivity index (χ4v) is 7.09. The zero-order chi connectivity index (χ0) is 27.4. The number of carbonyl (C=O) groups is 2. The van der Waals surface area contributed by atoms with E-state index < -0.39 is 28.0 Å². The van der Waals surface area contributed by atoms with E-state index in [-0.39, 0.29) is 21.2 Å². The van der Waals surface area contributed by atoms with Gasteiger partial charge in [-0.1, -0.05) is 36.4 Å². The van der Waals surface area contributed by atoms with Gasteiger partial charge in [-0.15, -0.1) is 23.1 Å². The van der Waals surface area contributed by atoms with E-state index in [1.54, 1.807) is 49.6 Å². The van der Waals surface area contributed by atoms with Crippen LogP contribution < -0.4 is 5.73 Å². The van der Waals surface area contributed by atoms with Crippen LogP contribution >= 0.6 is 23.1 Å². The number of amidine groups is 1. The van der Waals surface area contributed by atoms with Gasteiger partial charge in [-0.25, -0.2) is 18.0 Å². The molecule has 0 atom stereocenters. The van der Waals surface area contributed by atoms with Crippen molar-refractivity contribution in [1.29, 1.82) is 5.41 Å². The Morgan fingerprint density at radius 2 is 1.61 bits per heavy atom. The Morgan fingerprint density at radius 3 is 2.06 bits per heavy atom. The van der Waals surface area contributed by atoms with E-state index in [4.69, 9.17) is 21.0 Å². The number of hydrogen-bond donors (Lipinski definition) is 4. The Bertz CT molecular complexity index is 1420. The van der Waals surface area contributed by atoms with Crippen LogP contribution in [0.5, 0.6) is 0 Å². The summed E-state index contributed by atoms with van der Waals surface area (Å²) < 4.78 is 59.2. The predicted octanol–water partition coefficient (Wildman–Crippen LogP) is 4.89. The molecule has 0 saturated carbocycles. The number of hydrogen-bond acceptors (Lipinski definition) is 7. The number of halogens is 3. The van der Waals surface area contributed by atoms with E-state index >= 15 is 0 Å². The van der Waals surface area contributed by atoms with Crippen molar-refractivity contribution in [3.63, 3.8) is 0 Å². The molecule has 36 heavy (non-hydrogen) atoms. The average Bonchev–Trinajstić information content (AvgIpc) is 3.25. The third-order valence-corrected chi connectivity index (χ3v) is 8.97. The molecular weight excluding hydrogens is 541 g/mol. The van der Waals surface area contributed by atoms with E-state index in [0.717, 1.165) is 11.3 Å². The number of nitrogens with two attached hydrogens (primary N) is 1. The van der Waals surface area contributed by atoms with Crippen LogP contribution in [0, 0.1) is 12.3 Å². The lowest BCUT2D eigenvalue weighted by Crippen LogP contribution is -2.21. The molecule has 2 aromatic carbocycles. The van der Waals surface area contributed by atoms with E-state index in [9.17, 15) is 31.5 Å². The number of carboxylic acids is 2. The van der Waals surface area contributed by atoms with Gasteiger partial charge in [0, 0.05) is 5.56 Å². The summed E-state index contributed by atoms with van der Waals surface area (Å²) in [5.41, 5.74) is 6.91. The Balaban J connectivity index is 0.000000572. The van der Waals surface area contributed by atoms with Crippen LogP contribution in [0.2, 0.25) is 0 Å². The van der Waals surface area contributed by atoms with Crippen molar-refractivity contribution in [2.75, 3.05) is 6.26 Å². The quantitative estimate of drug-likeness (QED) is 0.188. The number of aliphatic carboxylic acids is 1. The van der Waals surface area contributed by atoms with Gasteiger partial charge in [-0.2, -0.15) is 13.2 Å². The van der Waals surface area contributed by atoms with Gasteiger partial charge in [-0.3, -0.25) is 5.41 Å². The van der Waals surface area contributed by atoms with Gasteiger partial charge in [0.25, 0.3) is 0 Å². The van der Waals surface area contributed by atoms with E-state index in [1.807, 2.05) is 0 Å². The van der Waals surface area contributed by atoms with Crippen LogP contribution in [0.3, 0.4) is 0 Å². The van der Waals surface area contributed by atoms with Gasteiger partial charge < -0.3 is 15.9 Å². The Hall–Kier alpha value is -3.36. The molecule has 0 spiro atoms. The highest BCUT2D eigenvalue weighted by molar-refractivity contribution is 8.01. The first-order chi connectivity index (χ1) is 16.6. The normalized spacial score (nSPS) is 11.4. The lowest BCUT2D eigenvalue weighted by atomic mass is 9.95. The predicted molar refractivity (Wildman–Crippen MR) is 130 cm³/mol. The number of nitrogen functional groups attached to an aromatic ring is 1. The first-order valence-corrected chi connectivity index (χ1v) is 13.1. The lowest BCUT2D eigenvalue weighted by molar-refractivity contribution is -0.192. The average molecular weight is 561 g/mol. The van der Waals surface area contributed by atoms with Crippen molar-refractivity contribution in [3.05, 3.63) is 64.5 Å². The second-order valence-electron chi connectivity index (χ2n) is 6.99. The molecule has 14 heteroatoms. The van der Waals surface area contributed by atoms with Crippen LogP contribution in [0.4, 0.5) is 13.2 Å². The monoisotopic (exact) mass is 560 g/mol. The summed E-state index contributed by atoms with van der Waals surface area (Å²) in [6, 6.07) is 13.1.